The van der Waals surface area contributed by atoms with E-state index in [-0.39, 0.29) is 0 Å². The van der Waals surface area contributed by atoms with Gasteiger partial charge in [0, 0.05) is 0 Å². The van der Waals surface area contributed by atoms with Gasteiger partial charge in [0.25, 0.3) is 0 Å². The Balaban J connectivity index is 2.16. The molecule has 0 saturated carbocycles. The van der Waals surface area contributed by atoms with Gasteiger partial charge in [0.1, 0.15) is 18.3 Å². The number of aliphatic hydroxyl groups excluding tert-OH is 3. The second-order valence-electron chi connectivity index (χ2n) is 4.79. The summed E-state index contributed by atoms with van der Waals surface area (Å²) in [5.41, 5.74) is 0.480. The Bertz CT molecular complexity index is 558. The molecule has 4 N–H and O–H groups in total. The third-order valence-corrected chi connectivity index (χ3v) is 3.30. The summed E-state index contributed by atoms with van der Waals surface area (Å²) in [6.45, 7) is 0. The van der Waals surface area contributed by atoms with Gasteiger partial charge in [-0.1, -0.05) is 30.3 Å². The number of rotatable bonds is 4. The minimum Gasteiger partial charge on any atom is -0.479 e. The highest BCUT2D eigenvalue weighted by Crippen LogP contribution is 2.27. The second kappa shape index (κ2) is 6.83. The lowest BCUT2D eigenvalue weighted by molar-refractivity contribution is -0.300. The van der Waals surface area contributed by atoms with Gasteiger partial charge in [-0.05, 0) is 5.56 Å². The molecular weight excluding hydrogens is 294 g/mol. The largest absolute Gasteiger partial charge is 0.479 e. The summed E-state index contributed by atoms with van der Waals surface area (Å²) in [4.78, 5) is 11.0. The molecule has 8 nitrogen and oxygen atoms in total. The Morgan fingerprint density at radius 2 is 1.82 bits per heavy atom. The summed E-state index contributed by atoms with van der Waals surface area (Å²) in [5.74, 6) is -1.51. The van der Waals surface area contributed by atoms with Crippen LogP contribution in [-0.4, -0.2) is 57.1 Å². The third kappa shape index (κ3) is 3.24. The van der Waals surface area contributed by atoms with E-state index in [1.54, 1.807) is 30.3 Å². The smallest absolute Gasteiger partial charge is 0.335 e. The molecule has 118 valence electrons. The number of nitrogens with zero attached hydrogens (tertiary/aromatic N) is 1. The van der Waals surface area contributed by atoms with Crippen molar-refractivity contribution in [3.05, 3.63) is 35.9 Å². The van der Waals surface area contributed by atoms with Crippen molar-refractivity contribution in [2.75, 3.05) is 0 Å². The van der Waals surface area contributed by atoms with E-state index in [2.05, 4.69) is 0 Å². The first-order valence-electron chi connectivity index (χ1n) is 6.48. The molecule has 0 unspecified atom stereocenters. The van der Waals surface area contributed by atoms with Crippen molar-refractivity contribution in [3.8, 4) is 6.07 Å². The lowest BCUT2D eigenvalue weighted by Crippen LogP contribution is -2.60. The molecule has 1 heterocycles. The summed E-state index contributed by atoms with van der Waals surface area (Å²) in [6, 6.07) is 10.2. The molecule has 1 aliphatic heterocycles. The third-order valence-electron chi connectivity index (χ3n) is 3.30. The SMILES string of the molecule is N#C[C@@H](O[C@@H]1O[C@H](C(=O)O)[C@@H](O)[C@H](O)[C@H]1O)c1ccccc1. The van der Waals surface area contributed by atoms with E-state index in [9.17, 15) is 20.1 Å². The summed E-state index contributed by atoms with van der Waals surface area (Å²) in [5, 5.41) is 47.2. The number of carboxylic acids is 1. The first-order chi connectivity index (χ1) is 10.5. The molecule has 0 amide bonds. The molecular formula is C14H15NO7. The van der Waals surface area contributed by atoms with Crippen LogP contribution < -0.4 is 0 Å². The molecule has 0 spiro atoms. The van der Waals surface area contributed by atoms with E-state index in [1.807, 2.05) is 6.07 Å². The quantitative estimate of drug-likeness (QED) is 0.564. The topological polar surface area (TPSA) is 140 Å². The molecule has 0 aromatic heterocycles. The van der Waals surface area contributed by atoms with Crippen LogP contribution in [0.5, 0.6) is 0 Å². The van der Waals surface area contributed by atoms with Gasteiger partial charge >= 0.3 is 5.97 Å². The van der Waals surface area contributed by atoms with Crippen LogP contribution in [0.15, 0.2) is 30.3 Å². The fraction of sp³-hybridized carbons (Fsp3) is 0.429. The van der Waals surface area contributed by atoms with E-state index < -0.39 is 42.8 Å². The molecule has 0 radical (unpaired) electrons. The molecule has 8 heteroatoms. The van der Waals surface area contributed by atoms with Crippen molar-refractivity contribution in [2.45, 2.75) is 36.8 Å². The standard InChI is InChI=1S/C14H15NO7/c15-6-8(7-4-2-1-3-5-7)21-14-11(18)9(16)10(17)12(22-14)13(19)20/h1-5,8-12,14,16-18H,(H,19,20)/t8-,9+,10+,11-,12+,14-/m1/s1. The number of benzene rings is 1. The van der Waals surface area contributed by atoms with Crippen LogP contribution in [0.4, 0.5) is 0 Å². The van der Waals surface area contributed by atoms with Crippen molar-refractivity contribution in [1.29, 1.82) is 5.26 Å². The van der Waals surface area contributed by atoms with Gasteiger partial charge in [-0.3, -0.25) is 0 Å². The molecule has 1 saturated heterocycles. The zero-order valence-electron chi connectivity index (χ0n) is 11.3. The molecule has 0 bridgehead atoms. The highest BCUT2D eigenvalue weighted by atomic mass is 16.7. The maximum Gasteiger partial charge on any atom is 0.335 e. The Kier molecular flexibility index (Phi) is 5.07. The predicted molar refractivity (Wildman–Crippen MR) is 70.2 cm³/mol. The number of carbonyl (C=O) groups is 1. The molecule has 6 atom stereocenters. The minimum atomic E-state index is -1.80. The Morgan fingerprint density at radius 1 is 1.18 bits per heavy atom. The number of aliphatic hydroxyl groups is 3. The second-order valence-corrected chi connectivity index (χ2v) is 4.79. The van der Waals surface area contributed by atoms with Crippen molar-refractivity contribution in [2.24, 2.45) is 0 Å². The maximum atomic E-state index is 11.0. The lowest BCUT2D eigenvalue weighted by Gasteiger charge is -2.39. The van der Waals surface area contributed by atoms with Crippen LogP contribution in [0.3, 0.4) is 0 Å². The molecule has 1 aromatic carbocycles. The van der Waals surface area contributed by atoms with Gasteiger partial charge in [-0.25, -0.2) is 4.79 Å². The normalized spacial score (nSPS) is 32.9. The van der Waals surface area contributed by atoms with Crippen LogP contribution in [0, 0.1) is 11.3 Å². The van der Waals surface area contributed by atoms with Gasteiger partial charge in [0.05, 0.1) is 6.07 Å². The number of aliphatic carboxylic acids is 1. The zero-order valence-corrected chi connectivity index (χ0v) is 11.3. The molecule has 0 aliphatic carbocycles. The van der Waals surface area contributed by atoms with Gasteiger partial charge in [-0.2, -0.15) is 5.26 Å². The summed E-state index contributed by atoms with van der Waals surface area (Å²) in [6.07, 6.45) is -9.72. The van der Waals surface area contributed by atoms with Gasteiger partial charge in [0.15, 0.2) is 18.5 Å². The predicted octanol–water partition coefficient (Wildman–Crippen LogP) is -0.840. The van der Waals surface area contributed by atoms with Crippen molar-refractivity contribution < 1.29 is 34.7 Å². The summed E-state index contributed by atoms with van der Waals surface area (Å²) >= 11 is 0. The molecule has 22 heavy (non-hydrogen) atoms. The zero-order chi connectivity index (χ0) is 16.3. The Morgan fingerprint density at radius 3 is 2.36 bits per heavy atom. The van der Waals surface area contributed by atoms with Gasteiger partial charge in [-0.15, -0.1) is 0 Å². The lowest BCUT2D eigenvalue weighted by atomic mass is 9.99. The monoisotopic (exact) mass is 309 g/mol. The summed E-state index contributed by atoms with van der Waals surface area (Å²) < 4.78 is 10.2. The highest BCUT2D eigenvalue weighted by Gasteiger charge is 2.48. The molecule has 2 rings (SSSR count). The van der Waals surface area contributed by atoms with Crippen LogP contribution in [0.2, 0.25) is 0 Å². The number of nitriles is 1. The molecule has 1 fully saturated rings. The highest BCUT2D eigenvalue weighted by molar-refractivity contribution is 5.73. The van der Waals surface area contributed by atoms with Crippen LogP contribution >= 0.6 is 0 Å². The van der Waals surface area contributed by atoms with E-state index in [1.165, 1.54) is 0 Å². The fourth-order valence-corrected chi connectivity index (χ4v) is 2.11. The van der Waals surface area contributed by atoms with Crippen LogP contribution in [0.1, 0.15) is 11.7 Å². The maximum absolute atomic E-state index is 11.0. The van der Waals surface area contributed by atoms with E-state index >= 15 is 0 Å². The summed E-state index contributed by atoms with van der Waals surface area (Å²) in [7, 11) is 0. The number of ether oxygens (including phenoxy) is 2. The first kappa shape index (κ1) is 16.4. The van der Waals surface area contributed by atoms with Crippen molar-refractivity contribution in [1.82, 2.24) is 0 Å². The van der Waals surface area contributed by atoms with Gasteiger partial charge < -0.3 is 29.9 Å². The first-order valence-corrected chi connectivity index (χ1v) is 6.48. The Labute approximate surface area is 125 Å². The average Bonchev–Trinajstić information content (AvgIpc) is 2.52. The number of hydrogen-bond acceptors (Lipinski definition) is 7. The Hall–Kier alpha value is -2.02. The van der Waals surface area contributed by atoms with Crippen molar-refractivity contribution in [3.63, 3.8) is 0 Å². The molecule has 1 aliphatic rings. The molecule has 1 aromatic rings. The average molecular weight is 309 g/mol. The number of carboxylic acid groups (broad SMARTS) is 1. The van der Waals surface area contributed by atoms with Gasteiger partial charge in [0.2, 0.25) is 0 Å². The van der Waals surface area contributed by atoms with Crippen LogP contribution in [0.25, 0.3) is 0 Å². The minimum absolute atomic E-state index is 0.480. The van der Waals surface area contributed by atoms with Crippen LogP contribution in [-0.2, 0) is 14.3 Å². The van der Waals surface area contributed by atoms with Crippen molar-refractivity contribution >= 4 is 5.97 Å². The fourth-order valence-electron chi connectivity index (χ4n) is 2.11. The van der Waals surface area contributed by atoms with E-state index in [0.29, 0.717) is 5.56 Å². The van der Waals surface area contributed by atoms with E-state index in [0.717, 1.165) is 0 Å². The van der Waals surface area contributed by atoms with E-state index in [4.69, 9.17) is 19.8 Å². The number of hydrogen-bond donors (Lipinski definition) is 4.